The molecule has 0 aliphatic carbocycles. The molecule has 0 saturated heterocycles. The average Bonchev–Trinajstić information content (AvgIpc) is 2.75. The third-order valence-corrected chi connectivity index (χ3v) is 4.42. The standard InChI is InChI=1S/C22H15F2N5O/c23-16-4-2-1-3-15(16)19-6-5-18(25)21(28-19)22(30)29-20-12-27-10-8-14(20)13-7-9-26-11-17(13)24/h1-12H,25H2,(H,29,30). The van der Waals surface area contributed by atoms with Crippen LogP contribution in [0.5, 0.6) is 0 Å². The quantitative estimate of drug-likeness (QED) is 0.529. The Morgan fingerprint density at radius 2 is 1.57 bits per heavy atom. The number of hydrogen-bond donors (Lipinski definition) is 2. The minimum Gasteiger partial charge on any atom is -0.397 e. The fraction of sp³-hybridized carbons (Fsp3) is 0. The molecule has 4 rings (SSSR count). The Balaban J connectivity index is 1.70. The smallest absolute Gasteiger partial charge is 0.276 e. The number of pyridine rings is 3. The van der Waals surface area contributed by atoms with Gasteiger partial charge in [-0.25, -0.2) is 13.8 Å². The molecule has 0 atom stereocenters. The number of nitrogens with one attached hydrogen (secondary N) is 1. The van der Waals surface area contributed by atoms with Crippen molar-refractivity contribution >= 4 is 17.3 Å². The van der Waals surface area contributed by atoms with Crippen LogP contribution in [0.3, 0.4) is 0 Å². The molecule has 0 radical (unpaired) electrons. The van der Waals surface area contributed by atoms with Crippen molar-refractivity contribution in [1.29, 1.82) is 0 Å². The van der Waals surface area contributed by atoms with E-state index in [2.05, 4.69) is 20.3 Å². The van der Waals surface area contributed by atoms with E-state index in [0.717, 1.165) is 6.20 Å². The first kappa shape index (κ1) is 19.1. The summed E-state index contributed by atoms with van der Waals surface area (Å²) >= 11 is 0. The molecule has 1 amide bonds. The molecule has 0 bridgehead atoms. The number of carbonyl (C=O) groups is 1. The van der Waals surface area contributed by atoms with Gasteiger partial charge in [-0.05, 0) is 36.4 Å². The topological polar surface area (TPSA) is 93.8 Å². The van der Waals surface area contributed by atoms with E-state index in [-0.39, 0.29) is 33.9 Å². The van der Waals surface area contributed by atoms with Crippen molar-refractivity contribution < 1.29 is 13.6 Å². The Kier molecular flexibility index (Phi) is 5.13. The minimum absolute atomic E-state index is 0.0826. The number of hydrogen-bond acceptors (Lipinski definition) is 5. The van der Waals surface area contributed by atoms with Crippen LogP contribution in [-0.2, 0) is 0 Å². The van der Waals surface area contributed by atoms with Gasteiger partial charge < -0.3 is 11.1 Å². The first-order valence-electron chi connectivity index (χ1n) is 8.91. The fourth-order valence-corrected chi connectivity index (χ4v) is 2.97. The summed E-state index contributed by atoms with van der Waals surface area (Å²) in [5.74, 6) is -1.64. The third kappa shape index (κ3) is 3.70. The van der Waals surface area contributed by atoms with E-state index >= 15 is 0 Å². The number of carbonyl (C=O) groups excluding carboxylic acids is 1. The van der Waals surface area contributed by atoms with E-state index in [1.807, 2.05) is 0 Å². The zero-order valence-electron chi connectivity index (χ0n) is 15.5. The molecule has 0 spiro atoms. The molecule has 6 nitrogen and oxygen atoms in total. The molecule has 4 aromatic rings. The SMILES string of the molecule is Nc1ccc(-c2ccccc2F)nc1C(=O)Nc1cnccc1-c1ccncc1F. The van der Waals surface area contributed by atoms with Crippen LogP contribution in [-0.4, -0.2) is 20.9 Å². The first-order valence-corrected chi connectivity index (χ1v) is 8.91. The van der Waals surface area contributed by atoms with Crippen LogP contribution in [0, 0.1) is 11.6 Å². The van der Waals surface area contributed by atoms with Crippen LogP contribution in [0.1, 0.15) is 10.5 Å². The summed E-state index contributed by atoms with van der Waals surface area (Å²) in [5.41, 5.74) is 7.42. The van der Waals surface area contributed by atoms with Gasteiger partial charge >= 0.3 is 0 Å². The maximum absolute atomic E-state index is 14.2. The number of halogens is 2. The number of rotatable bonds is 4. The van der Waals surface area contributed by atoms with Crippen molar-refractivity contribution in [2.75, 3.05) is 11.1 Å². The lowest BCUT2D eigenvalue weighted by molar-refractivity contribution is 0.102. The highest BCUT2D eigenvalue weighted by Gasteiger charge is 2.18. The molecular weight excluding hydrogens is 388 g/mol. The first-order chi connectivity index (χ1) is 14.5. The molecular formula is C22H15F2N5O. The van der Waals surface area contributed by atoms with Gasteiger partial charge in [0, 0.05) is 29.1 Å². The van der Waals surface area contributed by atoms with E-state index in [9.17, 15) is 13.6 Å². The number of nitrogens with zero attached hydrogens (tertiary/aromatic N) is 3. The lowest BCUT2D eigenvalue weighted by atomic mass is 10.1. The third-order valence-electron chi connectivity index (χ3n) is 4.42. The van der Waals surface area contributed by atoms with Crippen molar-refractivity contribution in [3.05, 3.63) is 90.6 Å². The van der Waals surface area contributed by atoms with Gasteiger partial charge in [0.25, 0.3) is 5.91 Å². The molecule has 3 aromatic heterocycles. The maximum Gasteiger partial charge on any atom is 0.276 e. The van der Waals surface area contributed by atoms with Crippen molar-refractivity contribution in [1.82, 2.24) is 15.0 Å². The second-order valence-electron chi connectivity index (χ2n) is 6.35. The van der Waals surface area contributed by atoms with Gasteiger partial charge in [-0.3, -0.25) is 14.8 Å². The predicted molar refractivity (Wildman–Crippen MR) is 109 cm³/mol. The molecule has 0 saturated carbocycles. The fourth-order valence-electron chi connectivity index (χ4n) is 2.97. The number of nitrogens with two attached hydrogens (primary N) is 1. The molecule has 0 aliphatic rings. The molecule has 8 heteroatoms. The number of anilines is 2. The van der Waals surface area contributed by atoms with Crippen molar-refractivity contribution in [2.45, 2.75) is 0 Å². The zero-order valence-corrected chi connectivity index (χ0v) is 15.5. The van der Waals surface area contributed by atoms with Crippen molar-refractivity contribution in [3.8, 4) is 22.4 Å². The Morgan fingerprint density at radius 3 is 2.33 bits per heavy atom. The van der Waals surface area contributed by atoms with Crippen LogP contribution >= 0.6 is 0 Å². The van der Waals surface area contributed by atoms with Gasteiger partial charge in [0.2, 0.25) is 0 Å². The van der Waals surface area contributed by atoms with Crippen LogP contribution in [0.2, 0.25) is 0 Å². The summed E-state index contributed by atoms with van der Waals surface area (Å²) in [6.07, 6.45) is 5.40. The summed E-state index contributed by atoms with van der Waals surface area (Å²) in [5, 5.41) is 2.66. The highest BCUT2D eigenvalue weighted by atomic mass is 19.1. The highest BCUT2D eigenvalue weighted by Crippen LogP contribution is 2.29. The summed E-state index contributed by atoms with van der Waals surface area (Å²) in [4.78, 5) is 24.9. The molecule has 0 aliphatic heterocycles. The van der Waals surface area contributed by atoms with Crippen LogP contribution in [0.15, 0.2) is 73.3 Å². The van der Waals surface area contributed by atoms with Crippen molar-refractivity contribution in [2.24, 2.45) is 0 Å². The lowest BCUT2D eigenvalue weighted by Gasteiger charge is -2.12. The van der Waals surface area contributed by atoms with Crippen LogP contribution in [0.25, 0.3) is 22.4 Å². The molecule has 0 fully saturated rings. The maximum atomic E-state index is 14.2. The van der Waals surface area contributed by atoms with E-state index < -0.39 is 17.5 Å². The molecule has 30 heavy (non-hydrogen) atoms. The summed E-state index contributed by atoms with van der Waals surface area (Å²) < 4.78 is 28.3. The van der Waals surface area contributed by atoms with E-state index in [1.54, 1.807) is 24.3 Å². The Morgan fingerprint density at radius 1 is 0.833 bits per heavy atom. The largest absolute Gasteiger partial charge is 0.397 e. The number of nitrogen functional groups attached to an aromatic ring is 1. The number of amides is 1. The molecule has 3 N–H and O–H groups in total. The molecule has 1 aromatic carbocycles. The second-order valence-corrected chi connectivity index (χ2v) is 6.35. The Bertz CT molecular complexity index is 1250. The zero-order chi connectivity index (χ0) is 21.1. The summed E-state index contributed by atoms with van der Waals surface area (Å²) in [6.45, 7) is 0. The van der Waals surface area contributed by atoms with Gasteiger partial charge in [-0.2, -0.15) is 0 Å². The van der Waals surface area contributed by atoms with E-state index in [1.165, 1.54) is 42.9 Å². The van der Waals surface area contributed by atoms with E-state index in [4.69, 9.17) is 5.73 Å². The molecule has 3 heterocycles. The average molecular weight is 403 g/mol. The minimum atomic E-state index is -0.630. The molecule has 148 valence electrons. The number of aromatic nitrogens is 3. The van der Waals surface area contributed by atoms with Gasteiger partial charge in [0.05, 0.1) is 29.5 Å². The highest BCUT2D eigenvalue weighted by molar-refractivity contribution is 6.08. The Hall–Kier alpha value is -4.20. The van der Waals surface area contributed by atoms with Gasteiger partial charge in [0.15, 0.2) is 5.69 Å². The van der Waals surface area contributed by atoms with Gasteiger partial charge in [0.1, 0.15) is 11.6 Å². The number of benzene rings is 1. The van der Waals surface area contributed by atoms with E-state index in [0.29, 0.717) is 5.56 Å². The second kappa shape index (κ2) is 8.04. The summed E-state index contributed by atoms with van der Waals surface area (Å²) in [6, 6.07) is 12.2. The van der Waals surface area contributed by atoms with Crippen LogP contribution < -0.4 is 11.1 Å². The predicted octanol–water partition coefficient (Wildman–Crippen LogP) is 4.32. The van der Waals surface area contributed by atoms with Gasteiger partial charge in [-0.15, -0.1) is 0 Å². The summed E-state index contributed by atoms with van der Waals surface area (Å²) in [7, 11) is 0. The van der Waals surface area contributed by atoms with Crippen molar-refractivity contribution in [3.63, 3.8) is 0 Å². The Labute approximate surface area is 170 Å². The van der Waals surface area contributed by atoms with Gasteiger partial charge in [-0.1, -0.05) is 12.1 Å². The van der Waals surface area contributed by atoms with Crippen LogP contribution in [0.4, 0.5) is 20.2 Å². The lowest BCUT2D eigenvalue weighted by Crippen LogP contribution is -2.17. The monoisotopic (exact) mass is 403 g/mol. The molecule has 0 unspecified atom stereocenters. The normalized spacial score (nSPS) is 10.6.